The Morgan fingerprint density at radius 3 is 3.10 bits per heavy atom. The first-order chi connectivity index (χ1) is 9.79. The van der Waals surface area contributed by atoms with Crippen LogP contribution in [-0.2, 0) is 17.9 Å². The van der Waals surface area contributed by atoms with Crippen LogP contribution in [0.15, 0.2) is 23.9 Å². The second-order valence-corrected chi connectivity index (χ2v) is 5.58. The smallest absolute Gasteiger partial charge is 0.250 e. The highest BCUT2D eigenvalue weighted by Crippen LogP contribution is 2.24. The molecular weight excluding hydrogens is 254 g/mol. The lowest BCUT2D eigenvalue weighted by molar-refractivity contribution is -0.131. The van der Waals surface area contributed by atoms with Crippen LogP contribution in [0.25, 0.3) is 0 Å². The predicted octanol–water partition coefficient (Wildman–Crippen LogP) is 1.48. The summed E-state index contributed by atoms with van der Waals surface area (Å²) in [4.78, 5) is 14.6. The van der Waals surface area contributed by atoms with Gasteiger partial charge in [-0.25, -0.2) is 0 Å². The van der Waals surface area contributed by atoms with E-state index in [1.807, 2.05) is 15.6 Å². The number of hydrogen-bond donors (Lipinski definition) is 1. The maximum absolute atomic E-state index is 12.7. The molecule has 0 saturated carbocycles. The number of aliphatic hydroxyl groups excluding tert-OH is 1. The molecule has 20 heavy (non-hydrogen) atoms. The van der Waals surface area contributed by atoms with Gasteiger partial charge in [-0.15, -0.1) is 0 Å². The monoisotopic (exact) mass is 275 g/mol. The summed E-state index contributed by atoms with van der Waals surface area (Å²) in [6.45, 7) is 1.32. The molecule has 1 aromatic rings. The van der Waals surface area contributed by atoms with Gasteiger partial charge in [0.05, 0.1) is 24.9 Å². The molecule has 1 atom stereocenters. The van der Waals surface area contributed by atoms with Crippen molar-refractivity contribution in [3.8, 4) is 0 Å². The fraction of sp³-hybridized carbons (Fsp3) is 0.600. The number of aromatic nitrogens is 2. The van der Waals surface area contributed by atoms with Crippen molar-refractivity contribution in [1.82, 2.24) is 14.7 Å². The number of aliphatic hydroxyl groups is 1. The zero-order valence-electron chi connectivity index (χ0n) is 11.7. The van der Waals surface area contributed by atoms with Gasteiger partial charge >= 0.3 is 0 Å². The first kappa shape index (κ1) is 13.4. The Balaban J connectivity index is 1.84. The molecule has 108 valence electrons. The van der Waals surface area contributed by atoms with Crippen molar-refractivity contribution in [2.75, 3.05) is 6.61 Å². The number of nitrogens with zero attached hydrogens (tertiary/aromatic N) is 3. The molecule has 0 spiro atoms. The molecular formula is C15H21N3O2. The lowest BCUT2D eigenvalue weighted by Crippen LogP contribution is -2.42. The second-order valence-electron chi connectivity index (χ2n) is 5.58. The van der Waals surface area contributed by atoms with Crippen LogP contribution in [-0.4, -0.2) is 38.3 Å². The van der Waals surface area contributed by atoms with Gasteiger partial charge in [0.25, 0.3) is 0 Å². The van der Waals surface area contributed by atoms with Crippen molar-refractivity contribution in [2.45, 2.75) is 51.2 Å². The third-order valence-corrected chi connectivity index (χ3v) is 4.29. The molecule has 1 aliphatic heterocycles. The van der Waals surface area contributed by atoms with E-state index in [2.05, 4.69) is 11.2 Å². The van der Waals surface area contributed by atoms with Crippen LogP contribution in [0.1, 0.15) is 37.8 Å². The topological polar surface area (TPSA) is 58.4 Å². The molecule has 5 nitrogen and oxygen atoms in total. The SMILES string of the molecule is O=C(C1=CCCCC1)N1Cc2ccnn2CC[C@H]1CO. The Labute approximate surface area is 118 Å². The van der Waals surface area contributed by atoms with Crippen molar-refractivity contribution < 1.29 is 9.90 Å². The minimum Gasteiger partial charge on any atom is -0.394 e. The van der Waals surface area contributed by atoms with E-state index in [1.54, 1.807) is 6.20 Å². The third-order valence-electron chi connectivity index (χ3n) is 4.29. The van der Waals surface area contributed by atoms with Crippen LogP contribution in [0, 0.1) is 0 Å². The Morgan fingerprint density at radius 1 is 1.45 bits per heavy atom. The molecule has 3 rings (SSSR count). The highest BCUT2D eigenvalue weighted by atomic mass is 16.3. The number of fused-ring (bicyclic) bond motifs is 1. The van der Waals surface area contributed by atoms with E-state index in [-0.39, 0.29) is 18.6 Å². The molecule has 0 radical (unpaired) electrons. The number of allylic oxidation sites excluding steroid dienone is 1. The number of hydrogen-bond acceptors (Lipinski definition) is 3. The lowest BCUT2D eigenvalue weighted by Gasteiger charge is -2.30. The van der Waals surface area contributed by atoms with Gasteiger partial charge in [0.2, 0.25) is 5.91 Å². The van der Waals surface area contributed by atoms with E-state index in [1.165, 1.54) is 6.42 Å². The number of rotatable bonds is 2. The van der Waals surface area contributed by atoms with Crippen LogP contribution in [0.2, 0.25) is 0 Å². The molecule has 0 saturated heterocycles. The van der Waals surface area contributed by atoms with Crippen molar-refractivity contribution in [2.24, 2.45) is 0 Å². The fourth-order valence-corrected chi connectivity index (χ4v) is 3.07. The maximum atomic E-state index is 12.7. The summed E-state index contributed by atoms with van der Waals surface area (Å²) in [7, 11) is 0. The first-order valence-electron chi connectivity index (χ1n) is 7.41. The summed E-state index contributed by atoms with van der Waals surface area (Å²) >= 11 is 0. The number of amides is 1. The summed E-state index contributed by atoms with van der Waals surface area (Å²) in [5, 5.41) is 13.9. The van der Waals surface area contributed by atoms with Crippen molar-refractivity contribution in [3.05, 3.63) is 29.6 Å². The highest BCUT2D eigenvalue weighted by Gasteiger charge is 2.29. The van der Waals surface area contributed by atoms with E-state index in [4.69, 9.17) is 0 Å². The summed E-state index contributed by atoms with van der Waals surface area (Å²) in [6.07, 6.45) is 8.73. The van der Waals surface area contributed by atoms with Gasteiger partial charge in [-0.05, 0) is 38.2 Å². The van der Waals surface area contributed by atoms with Gasteiger partial charge in [0, 0.05) is 18.3 Å². The highest BCUT2D eigenvalue weighted by molar-refractivity contribution is 5.93. The van der Waals surface area contributed by atoms with E-state index < -0.39 is 0 Å². The summed E-state index contributed by atoms with van der Waals surface area (Å²) in [5.41, 5.74) is 1.97. The minimum absolute atomic E-state index is 0.0177. The Morgan fingerprint density at radius 2 is 2.35 bits per heavy atom. The van der Waals surface area contributed by atoms with Crippen LogP contribution < -0.4 is 0 Å². The van der Waals surface area contributed by atoms with Gasteiger partial charge in [-0.1, -0.05) is 6.08 Å². The minimum atomic E-state index is -0.105. The van der Waals surface area contributed by atoms with Crippen LogP contribution >= 0.6 is 0 Å². The summed E-state index contributed by atoms with van der Waals surface area (Å²) < 4.78 is 1.94. The average Bonchev–Trinajstić information content (AvgIpc) is 2.87. The van der Waals surface area contributed by atoms with Gasteiger partial charge in [-0.3, -0.25) is 9.48 Å². The van der Waals surface area contributed by atoms with Crippen molar-refractivity contribution in [1.29, 1.82) is 0 Å². The zero-order chi connectivity index (χ0) is 13.9. The molecule has 0 bridgehead atoms. The average molecular weight is 275 g/mol. The first-order valence-corrected chi connectivity index (χ1v) is 7.41. The predicted molar refractivity (Wildman–Crippen MR) is 74.8 cm³/mol. The van der Waals surface area contributed by atoms with Gasteiger partial charge in [0.15, 0.2) is 0 Å². The lowest BCUT2D eigenvalue weighted by atomic mass is 9.98. The van der Waals surface area contributed by atoms with E-state index >= 15 is 0 Å². The van der Waals surface area contributed by atoms with E-state index in [0.29, 0.717) is 6.54 Å². The van der Waals surface area contributed by atoms with Crippen molar-refractivity contribution in [3.63, 3.8) is 0 Å². The molecule has 1 amide bonds. The van der Waals surface area contributed by atoms with Crippen molar-refractivity contribution >= 4 is 5.91 Å². The van der Waals surface area contributed by atoms with Gasteiger partial charge in [0.1, 0.15) is 0 Å². The molecule has 1 aliphatic carbocycles. The summed E-state index contributed by atoms with van der Waals surface area (Å²) in [6, 6.07) is 1.85. The summed E-state index contributed by atoms with van der Waals surface area (Å²) in [5.74, 6) is 0.0957. The second kappa shape index (κ2) is 5.79. The van der Waals surface area contributed by atoms with Gasteiger partial charge in [-0.2, -0.15) is 5.10 Å². The number of carbonyl (C=O) groups is 1. The number of carbonyl (C=O) groups excluding carboxylic acids is 1. The molecule has 0 fully saturated rings. The Bertz CT molecular complexity index is 521. The molecule has 1 N–H and O–H groups in total. The standard InChI is InChI=1S/C15H21N3O2/c19-11-14-7-9-18-13(6-8-16-18)10-17(14)15(20)12-4-2-1-3-5-12/h4,6,8,14,19H,1-3,5,7,9-11H2/t14-/m0/s1. The molecule has 0 unspecified atom stereocenters. The van der Waals surface area contributed by atoms with E-state index in [0.717, 1.165) is 43.5 Å². The van der Waals surface area contributed by atoms with E-state index in [9.17, 15) is 9.90 Å². The normalized spacial score (nSPS) is 22.9. The largest absolute Gasteiger partial charge is 0.394 e. The molecule has 2 heterocycles. The van der Waals surface area contributed by atoms with Crippen LogP contribution in [0.4, 0.5) is 0 Å². The molecule has 0 aromatic carbocycles. The molecule has 1 aromatic heterocycles. The zero-order valence-corrected chi connectivity index (χ0v) is 11.7. The van der Waals surface area contributed by atoms with Crippen LogP contribution in [0.5, 0.6) is 0 Å². The fourth-order valence-electron chi connectivity index (χ4n) is 3.07. The Hall–Kier alpha value is -1.62. The molecule has 5 heteroatoms. The van der Waals surface area contributed by atoms with Gasteiger partial charge < -0.3 is 10.0 Å². The third kappa shape index (κ3) is 2.50. The Kier molecular flexibility index (Phi) is 3.87. The quantitative estimate of drug-likeness (QED) is 0.889. The maximum Gasteiger partial charge on any atom is 0.250 e. The van der Waals surface area contributed by atoms with Crippen LogP contribution in [0.3, 0.4) is 0 Å². The molecule has 2 aliphatic rings. The number of aryl methyl sites for hydroxylation is 1.